The van der Waals surface area contributed by atoms with Crippen molar-refractivity contribution in [3.63, 3.8) is 0 Å². The largest absolute Gasteiger partial charge is 0.348 e. The van der Waals surface area contributed by atoms with Gasteiger partial charge < -0.3 is 9.47 Å². The third kappa shape index (κ3) is 3.01. The Hall–Kier alpha value is -0.210. The maximum absolute atomic E-state index is 12.5. The molecule has 20 heavy (non-hydrogen) atoms. The molecule has 0 aromatic heterocycles. The van der Waals surface area contributed by atoms with Gasteiger partial charge in [0.25, 0.3) is 10.2 Å². The van der Waals surface area contributed by atoms with Crippen LogP contribution in [-0.4, -0.2) is 62.2 Å². The molecule has 1 aliphatic heterocycles. The SMILES string of the molecule is CC(C)N(C)S(=O)(=O)N(C)C1CCC2(CC1)OCCO2. The van der Waals surface area contributed by atoms with Crippen molar-refractivity contribution in [2.24, 2.45) is 0 Å². The maximum atomic E-state index is 12.5. The molecule has 7 heteroatoms. The molecule has 2 rings (SSSR count). The van der Waals surface area contributed by atoms with Gasteiger partial charge in [0, 0.05) is 39.0 Å². The zero-order valence-electron chi connectivity index (χ0n) is 12.8. The van der Waals surface area contributed by atoms with Crippen LogP contribution in [0, 0.1) is 0 Å². The normalized spacial score (nSPS) is 24.4. The van der Waals surface area contributed by atoms with Gasteiger partial charge in [0.2, 0.25) is 0 Å². The van der Waals surface area contributed by atoms with Gasteiger partial charge in [0.1, 0.15) is 0 Å². The molecule has 0 aromatic rings. The van der Waals surface area contributed by atoms with Crippen LogP contribution in [0.2, 0.25) is 0 Å². The third-order valence-corrected chi connectivity index (χ3v) is 6.68. The summed E-state index contributed by atoms with van der Waals surface area (Å²) in [6.45, 7) is 5.05. The molecule has 2 aliphatic rings. The molecule has 0 N–H and O–H groups in total. The van der Waals surface area contributed by atoms with Crippen molar-refractivity contribution in [3.8, 4) is 0 Å². The highest BCUT2D eigenvalue weighted by molar-refractivity contribution is 7.86. The fraction of sp³-hybridized carbons (Fsp3) is 1.00. The van der Waals surface area contributed by atoms with E-state index in [1.54, 1.807) is 14.1 Å². The molecule has 0 atom stereocenters. The zero-order chi connectivity index (χ0) is 15.0. The average Bonchev–Trinajstić information content (AvgIpc) is 2.86. The molecule has 0 amide bonds. The first-order valence-corrected chi connectivity index (χ1v) is 8.67. The standard InChI is InChI=1S/C13H26N2O4S/c1-11(2)14(3)20(16,17)15(4)12-5-7-13(8-6-12)18-9-10-19-13/h11-12H,5-10H2,1-4H3. The van der Waals surface area contributed by atoms with E-state index in [9.17, 15) is 8.42 Å². The predicted octanol–water partition coefficient (Wildman–Crippen LogP) is 1.19. The van der Waals surface area contributed by atoms with Crippen LogP contribution in [0.3, 0.4) is 0 Å². The Morgan fingerprint density at radius 2 is 1.60 bits per heavy atom. The number of rotatable bonds is 4. The van der Waals surface area contributed by atoms with Gasteiger partial charge in [-0.1, -0.05) is 0 Å². The van der Waals surface area contributed by atoms with Crippen molar-refractivity contribution in [3.05, 3.63) is 0 Å². The van der Waals surface area contributed by atoms with E-state index in [0.29, 0.717) is 13.2 Å². The van der Waals surface area contributed by atoms with Crippen molar-refractivity contribution < 1.29 is 17.9 Å². The smallest absolute Gasteiger partial charge is 0.281 e. The van der Waals surface area contributed by atoms with Gasteiger partial charge in [-0.25, -0.2) is 0 Å². The summed E-state index contributed by atoms with van der Waals surface area (Å²) in [5.74, 6) is -0.439. The van der Waals surface area contributed by atoms with Crippen LogP contribution in [0.25, 0.3) is 0 Å². The molecule has 0 bridgehead atoms. The van der Waals surface area contributed by atoms with Gasteiger partial charge in [-0.15, -0.1) is 0 Å². The van der Waals surface area contributed by atoms with E-state index in [4.69, 9.17) is 9.47 Å². The highest BCUT2D eigenvalue weighted by atomic mass is 32.2. The second-order valence-electron chi connectivity index (χ2n) is 5.97. The zero-order valence-corrected chi connectivity index (χ0v) is 13.6. The summed E-state index contributed by atoms with van der Waals surface area (Å²) in [4.78, 5) is 0. The lowest BCUT2D eigenvalue weighted by molar-refractivity contribution is -0.181. The van der Waals surface area contributed by atoms with Crippen LogP contribution in [-0.2, 0) is 19.7 Å². The van der Waals surface area contributed by atoms with Crippen molar-refractivity contribution in [1.82, 2.24) is 8.61 Å². The molecule has 1 heterocycles. The Morgan fingerprint density at radius 1 is 1.10 bits per heavy atom. The van der Waals surface area contributed by atoms with Crippen LogP contribution in [0.5, 0.6) is 0 Å². The summed E-state index contributed by atoms with van der Waals surface area (Å²) < 4.78 is 39.2. The molecule has 0 aromatic carbocycles. The summed E-state index contributed by atoms with van der Waals surface area (Å²) in [6, 6.07) is -0.0153. The highest BCUT2D eigenvalue weighted by Gasteiger charge is 2.43. The van der Waals surface area contributed by atoms with Gasteiger partial charge >= 0.3 is 0 Å². The molecular weight excluding hydrogens is 280 g/mol. The van der Waals surface area contributed by atoms with Crippen molar-refractivity contribution in [2.45, 2.75) is 57.4 Å². The van der Waals surface area contributed by atoms with Gasteiger partial charge in [-0.2, -0.15) is 17.0 Å². The number of hydrogen-bond acceptors (Lipinski definition) is 4. The molecule has 1 saturated carbocycles. The van der Waals surface area contributed by atoms with Crippen LogP contribution in [0.1, 0.15) is 39.5 Å². The van der Waals surface area contributed by atoms with Crippen LogP contribution < -0.4 is 0 Å². The van der Waals surface area contributed by atoms with Crippen molar-refractivity contribution in [2.75, 3.05) is 27.3 Å². The minimum Gasteiger partial charge on any atom is -0.348 e. The lowest BCUT2D eigenvalue weighted by atomic mass is 9.90. The molecular formula is C13H26N2O4S. The van der Waals surface area contributed by atoms with Gasteiger partial charge in [0.05, 0.1) is 13.2 Å². The Morgan fingerprint density at radius 3 is 2.05 bits per heavy atom. The quantitative estimate of drug-likeness (QED) is 0.783. The number of hydrogen-bond donors (Lipinski definition) is 0. The first-order valence-electron chi connectivity index (χ1n) is 7.27. The molecule has 118 valence electrons. The summed E-state index contributed by atoms with van der Waals surface area (Å²) in [6.07, 6.45) is 3.09. The van der Waals surface area contributed by atoms with E-state index in [1.165, 1.54) is 8.61 Å². The fourth-order valence-corrected chi connectivity index (χ4v) is 4.38. The second-order valence-corrected chi connectivity index (χ2v) is 8.02. The lowest BCUT2D eigenvalue weighted by Gasteiger charge is -2.39. The average molecular weight is 306 g/mol. The lowest BCUT2D eigenvalue weighted by Crippen LogP contribution is -2.50. The van der Waals surface area contributed by atoms with E-state index >= 15 is 0 Å². The maximum Gasteiger partial charge on any atom is 0.281 e. The van der Waals surface area contributed by atoms with E-state index in [-0.39, 0.29) is 12.1 Å². The second kappa shape index (κ2) is 5.88. The molecule has 2 fully saturated rings. The van der Waals surface area contributed by atoms with Gasteiger partial charge in [0.15, 0.2) is 5.79 Å². The van der Waals surface area contributed by atoms with Crippen LogP contribution in [0.4, 0.5) is 0 Å². The minimum absolute atomic E-state index is 0.0274. The van der Waals surface area contributed by atoms with Gasteiger partial charge in [-0.3, -0.25) is 0 Å². The molecule has 1 saturated heterocycles. The van der Waals surface area contributed by atoms with E-state index < -0.39 is 16.0 Å². The van der Waals surface area contributed by atoms with Crippen molar-refractivity contribution in [1.29, 1.82) is 0 Å². The molecule has 0 unspecified atom stereocenters. The Kier molecular flexibility index (Phi) is 4.76. The highest BCUT2D eigenvalue weighted by Crippen LogP contribution is 2.37. The Balaban J connectivity index is 1.99. The predicted molar refractivity (Wildman–Crippen MR) is 76.5 cm³/mol. The molecule has 1 aliphatic carbocycles. The van der Waals surface area contributed by atoms with E-state index in [1.807, 2.05) is 13.8 Å². The van der Waals surface area contributed by atoms with E-state index in [0.717, 1.165) is 25.7 Å². The first kappa shape index (κ1) is 16.2. The van der Waals surface area contributed by atoms with E-state index in [2.05, 4.69) is 0 Å². The van der Waals surface area contributed by atoms with Crippen LogP contribution >= 0.6 is 0 Å². The Labute approximate surface area is 122 Å². The molecule has 6 nitrogen and oxygen atoms in total. The minimum atomic E-state index is -3.39. The topological polar surface area (TPSA) is 59.1 Å². The summed E-state index contributed by atoms with van der Waals surface area (Å²) in [5.41, 5.74) is 0. The Bertz CT molecular complexity index is 422. The summed E-state index contributed by atoms with van der Waals surface area (Å²) in [7, 11) is -0.0851. The third-order valence-electron chi connectivity index (χ3n) is 4.50. The number of nitrogens with zero attached hydrogens (tertiary/aromatic N) is 2. The monoisotopic (exact) mass is 306 g/mol. The number of ether oxygens (including phenoxy) is 2. The fourth-order valence-electron chi connectivity index (χ4n) is 2.85. The first-order chi connectivity index (χ1) is 9.28. The van der Waals surface area contributed by atoms with Crippen LogP contribution in [0.15, 0.2) is 0 Å². The van der Waals surface area contributed by atoms with Gasteiger partial charge in [-0.05, 0) is 26.7 Å². The molecule has 0 radical (unpaired) electrons. The summed E-state index contributed by atoms with van der Waals surface area (Å²) >= 11 is 0. The summed E-state index contributed by atoms with van der Waals surface area (Å²) in [5, 5.41) is 0. The van der Waals surface area contributed by atoms with Crippen molar-refractivity contribution >= 4 is 10.2 Å². The molecule has 1 spiro atoms.